The summed E-state index contributed by atoms with van der Waals surface area (Å²) in [5, 5.41) is 10.4. The van der Waals surface area contributed by atoms with Crippen molar-refractivity contribution < 1.29 is 13.2 Å². The number of nitrogens with zero attached hydrogens (tertiary/aromatic N) is 4. The Morgan fingerprint density at radius 1 is 1.36 bits per heavy atom. The minimum Gasteiger partial charge on any atom is -0.357 e. The van der Waals surface area contributed by atoms with Crippen molar-refractivity contribution in [3.05, 3.63) is 33.5 Å². The normalized spacial score (nSPS) is 12.0. The van der Waals surface area contributed by atoms with Crippen molar-refractivity contribution in [1.82, 2.24) is 25.4 Å². The van der Waals surface area contributed by atoms with Crippen LogP contribution in [0.2, 0.25) is 0 Å². The van der Waals surface area contributed by atoms with E-state index in [1.165, 1.54) is 13.2 Å². The van der Waals surface area contributed by atoms with Crippen LogP contribution in [0, 0.1) is 6.92 Å². The Labute approximate surface area is 165 Å². The second-order valence-corrected chi connectivity index (χ2v) is 6.41. The van der Waals surface area contributed by atoms with E-state index in [1.807, 2.05) is 13.8 Å². The van der Waals surface area contributed by atoms with Gasteiger partial charge in [-0.25, -0.2) is 9.98 Å². The molecule has 2 heterocycles. The summed E-state index contributed by atoms with van der Waals surface area (Å²) in [6, 6.07) is 0. The molecule has 0 saturated heterocycles. The highest BCUT2D eigenvalue weighted by molar-refractivity contribution is 14.0. The van der Waals surface area contributed by atoms with Crippen molar-refractivity contribution in [2.45, 2.75) is 33.1 Å². The Balaban J connectivity index is 0.00000312. The minimum atomic E-state index is -4.49. The predicted octanol–water partition coefficient (Wildman–Crippen LogP) is 3.08. The lowest BCUT2D eigenvalue weighted by Crippen LogP contribution is -2.36. The van der Waals surface area contributed by atoms with Crippen LogP contribution in [0.15, 0.2) is 17.4 Å². The van der Waals surface area contributed by atoms with Gasteiger partial charge in [-0.1, -0.05) is 0 Å². The average Bonchev–Trinajstić information content (AvgIpc) is 3.07. The molecule has 2 rings (SSSR count). The van der Waals surface area contributed by atoms with Crippen molar-refractivity contribution in [3.8, 4) is 0 Å². The number of halogens is 4. The van der Waals surface area contributed by atoms with Crippen molar-refractivity contribution in [2.75, 3.05) is 6.54 Å². The maximum Gasteiger partial charge on any atom is 0.435 e. The number of thiazole rings is 1. The number of rotatable bonds is 5. The molecule has 0 atom stereocenters. The molecule has 0 aliphatic carbocycles. The first-order valence-electron chi connectivity index (χ1n) is 7.32. The van der Waals surface area contributed by atoms with Gasteiger partial charge in [0.2, 0.25) is 0 Å². The van der Waals surface area contributed by atoms with Crippen molar-refractivity contribution in [2.24, 2.45) is 12.0 Å². The molecule has 0 radical (unpaired) electrons. The number of hydrogen-bond donors (Lipinski definition) is 2. The molecule has 0 aromatic carbocycles. The van der Waals surface area contributed by atoms with Gasteiger partial charge in [0.25, 0.3) is 0 Å². The van der Waals surface area contributed by atoms with Gasteiger partial charge >= 0.3 is 6.18 Å². The second-order valence-electron chi connectivity index (χ2n) is 5.09. The molecule has 0 bridgehead atoms. The van der Waals surface area contributed by atoms with Crippen molar-refractivity contribution >= 4 is 41.3 Å². The zero-order chi connectivity index (χ0) is 17.7. The number of nitrogens with one attached hydrogen (secondary N) is 2. The van der Waals surface area contributed by atoms with Crippen LogP contribution in [0.3, 0.4) is 0 Å². The fraction of sp³-hybridized carbons (Fsp3) is 0.500. The number of aliphatic imine (C=N–C) groups is 1. The summed E-state index contributed by atoms with van der Waals surface area (Å²) in [6.45, 7) is 4.79. The lowest BCUT2D eigenvalue weighted by Gasteiger charge is -2.10. The van der Waals surface area contributed by atoms with Crippen LogP contribution in [0.5, 0.6) is 0 Å². The molecule has 25 heavy (non-hydrogen) atoms. The highest BCUT2D eigenvalue weighted by Crippen LogP contribution is 2.30. The molecule has 140 valence electrons. The first-order valence-corrected chi connectivity index (χ1v) is 8.14. The number of guanidine groups is 1. The van der Waals surface area contributed by atoms with Gasteiger partial charge in [0.1, 0.15) is 5.01 Å². The molecule has 11 heteroatoms. The summed E-state index contributed by atoms with van der Waals surface area (Å²) in [4.78, 5) is 9.53. The Morgan fingerprint density at radius 3 is 2.64 bits per heavy atom. The van der Waals surface area contributed by atoms with Gasteiger partial charge in [0.15, 0.2) is 11.7 Å². The van der Waals surface area contributed by atoms with E-state index < -0.39 is 11.9 Å². The maximum absolute atomic E-state index is 12.9. The van der Waals surface area contributed by atoms with Crippen LogP contribution in [0.25, 0.3) is 0 Å². The summed E-state index contributed by atoms with van der Waals surface area (Å²) < 4.78 is 40.0. The quantitative estimate of drug-likeness (QED) is 0.386. The second kappa shape index (κ2) is 9.36. The Hall–Kier alpha value is -1.37. The largest absolute Gasteiger partial charge is 0.435 e. The van der Waals surface area contributed by atoms with Crippen LogP contribution >= 0.6 is 35.3 Å². The van der Waals surface area contributed by atoms with Crippen LogP contribution in [0.4, 0.5) is 13.2 Å². The molecule has 0 unspecified atom stereocenters. The number of alkyl halides is 3. The number of aryl methyl sites for hydroxylation is 2. The molecular formula is C14H20F3IN6S. The number of aromatic nitrogens is 3. The molecule has 2 aromatic heterocycles. The smallest absolute Gasteiger partial charge is 0.357 e. The first kappa shape index (κ1) is 21.7. The summed E-state index contributed by atoms with van der Waals surface area (Å²) in [7, 11) is 1.46. The van der Waals surface area contributed by atoms with Crippen LogP contribution in [-0.4, -0.2) is 27.3 Å². The van der Waals surface area contributed by atoms with Gasteiger partial charge in [-0.2, -0.15) is 18.3 Å². The van der Waals surface area contributed by atoms with E-state index in [1.54, 1.807) is 17.5 Å². The summed E-state index contributed by atoms with van der Waals surface area (Å²) in [5.74, 6) is 0.433. The number of hydrogen-bond acceptors (Lipinski definition) is 4. The molecule has 0 aliphatic heterocycles. The van der Waals surface area contributed by atoms with Crippen molar-refractivity contribution in [3.63, 3.8) is 0 Å². The third-order valence-electron chi connectivity index (χ3n) is 3.00. The van der Waals surface area contributed by atoms with E-state index in [0.717, 1.165) is 14.6 Å². The summed E-state index contributed by atoms with van der Waals surface area (Å²) in [5.41, 5.74) is -0.868. The molecular weight excluding hydrogens is 468 g/mol. The van der Waals surface area contributed by atoms with E-state index in [-0.39, 0.29) is 36.1 Å². The lowest BCUT2D eigenvalue weighted by atomic mass is 10.2. The minimum absolute atomic E-state index is 0. The van der Waals surface area contributed by atoms with E-state index in [4.69, 9.17) is 0 Å². The first-order chi connectivity index (χ1) is 11.3. The van der Waals surface area contributed by atoms with Crippen LogP contribution < -0.4 is 10.6 Å². The monoisotopic (exact) mass is 488 g/mol. The van der Waals surface area contributed by atoms with E-state index in [2.05, 4.69) is 25.7 Å². The van der Waals surface area contributed by atoms with Gasteiger partial charge in [-0.15, -0.1) is 35.3 Å². The third kappa shape index (κ3) is 6.45. The van der Waals surface area contributed by atoms with Crippen LogP contribution in [0.1, 0.15) is 28.1 Å². The lowest BCUT2D eigenvalue weighted by molar-refractivity contribution is -0.142. The predicted molar refractivity (Wildman–Crippen MR) is 102 cm³/mol. The molecule has 6 nitrogen and oxygen atoms in total. The highest BCUT2D eigenvalue weighted by atomic mass is 127. The van der Waals surface area contributed by atoms with E-state index in [0.29, 0.717) is 19.0 Å². The summed E-state index contributed by atoms with van der Waals surface area (Å²) in [6.07, 6.45) is -1.38. The topological polar surface area (TPSA) is 67.1 Å². The van der Waals surface area contributed by atoms with Gasteiger partial charge in [-0.05, 0) is 13.8 Å². The van der Waals surface area contributed by atoms with Crippen molar-refractivity contribution in [1.29, 1.82) is 0 Å². The zero-order valence-electron chi connectivity index (χ0n) is 14.0. The van der Waals surface area contributed by atoms with Gasteiger partial charge in [0.05, 0.1) is 13.1 Å². The third-order valence-corrected chi connectivity index (χ3v) is 3.91. The van der Waals surface area contributed by atoms with Gasteiger partial charge in [0, 0.05) is 36.4 Å². The standard InChI is InChI=1S/C14H19F3N6S.HI/c1-4-18-13(21-7-11-19-5-9(2)24-11)20-6-10-8-23(3)22-12(10)14(15,16)17;/h5,8H,4,6-7H2,1-3H3,(H2,18,20,21);1H. The zero-order valence-corrected chi connectivity index (χ0v) is 17.2. The molecule has 0 fully saturated rings. The summed E-state index contributed by atoms with van der Waals surface area (Å²) >= 11 is 1.55. The molecule has 0 saturated carbocycles. The van der Waals surface area contributed by atoms with E-state index in [9.17, 15) is 13.2 Å². The molecule has 2 aromatic rings. The Bertz CT molecular complexity index is 710. The van der Waals surface area contributed by atoms with Gasteiger partial charge < -0.3 is 10.6 Å². The van der Waals surface area contributed by atoms with Crippen LogP contribution in [-0.2, 0) is 26.3 Å². The average molecular weight is 488 g/mol. The molecule has 0 amide bonds. The Kier molecular flexibility index (Phi) is 8.12. The molecule has 2 N–H and O–H groups in total. The van der Waals surface area contributed by atoms with Gasteiger partial charge in [-0.3, -0.25) is 4.68 Å². The van der Waals surface area contributed by atoms with E-state index >= 15 is 0 Å². The molecule has 0 spiro atoms. The molecule has 0 aliphatic rings. The Morgan fingerprint density at radius 2 is 2.08 bits per heavy atom. The fourth-order valence-electron chi connectivity index (χ4n) is 2.04. The maximum atomic E-state index is 12.9. The highest BCUT2D eigenvalue weighted by Gasteiger charge is 2.36. The fourth-order valence-corrected chi connectivity index (χ4v) is 2.77. The SMILES string of the molecule is CCNC(=NCc1cn(C)nc1C(F)(F)F)NCc1ncc(C)s1.I.